The maximum atomic E-state index is 13.9. The standard InChI is InChI=1S/C23H18FN5OS/c24-19-3-1-2-18(14-19)23-21(16-8-10-26-11-9-16)15-22(28-23)17-4-6-20(7-5-17)31(30)13-12-27-29-25/h1-11,14-15,28H,12-13H2. The van der Waals surface area contributed by atoms with Crippen molar-refractivity contribution in [3.05, 3.63) is 95.4 Å². The van der Waals surface area contributed by atoms with Crippen LogP contribution in [-0.4, -0.2) is 26.5 Å². The molecule has 0 amide bonds. The molecular formula is C23H18FN5OS. The summed E-state index contributed by atoms with van der Waals surface area (Å²) in [6, 6.07) is 19.7. The third-order valence-corrected chi connectivity index (χ3v) is 6.14. The summed E-state index contributed by atoms with van der Waals surface area (Å²) in [4.78, 5) is 10.8. The second-order valence-electron chi connectivity index (χ2n) is 6.75. The molecule has 154 valence electrons. The van der Waals surface area contributed by atoms with Crippen LogP contribution in [0.25, 0.3) is 44.1 Å². The molecular weight excluding hydrogens is 413 g/mol. The molecule has 2 aromatic heterocycles. The molecule has 6 nitrogen and oxygen atoms in total. The first-order chi connectivity index (χ1) is 15.2. The average Bonchev–Trinajstić information content (AvgIpc) is 3.25. The van der Waals surface area contributed by atoms with Crippen LogP contribution < -0.4 is 0 Å². The molecule has 0 radical (unpaired) electrons. The van der Waals surface area contributed by atoms with E-state index in [1.54, 1.807) is 30.6 Å². The zero-order valence-corrected chi connectivity index (χ0v) is 17.2. The molecule has 0 fully saturated rings. The van der Waals surface area contributed by atoms with Crippen molar-refractivity contribution in [3.63, 3.8) is 0 Å². The van der Waals surface area contributed by atoms with Gasteiger partial charge in [-0.2, -0.15) is 0 Å². The van der Waals surface area contributed by atoms with Crippen LogP contribution in [0.2, 0.25) is 0 Å². The highest BCUT2D eigenvalue weighted by molar-refractivity contribution is 7.85. The second kappa shape index (κ2) is 9.38. The maximum absolute atomic E-state index is 13.9. The Morgan fingerprint density at radius 1 is 1.00 bits per heavy atom. The average molecular weight is 431 g/mol. The second-order valence-corrected chi connectivity index (χ2v) is 8.32. The number of pyridine rings is 1. The number of azide groups is 1. The molecule has 2 heterocycles. The van der Waals surface area contributed by atoms with Gasteiger partial charge in [0.1, 0.15) is 5.82 Å². The van der Waals surface area contributed by atoms with Gasteiger partial charge in [0, 0.05) is 51.3 Å². The monoisotopic (exact) mass is 431 g/mol. The molecule has 0 aliphatic carbocycles. The Morgan fingerprint density at radius 2 is 1.77 bits per heavy atom. The van der Waals surface area contributed by atoms with E-state index in [1.165, 1.54) is 12.1 Å². The van der Waals surface area contributed by atoms with Gasteiger partial charge in [-0.1, -0.05) is 29.4 Å². The lowest BCUT2D eigenvalue weighted by Gasteiger charge is -2.05. The molecule has 0 bridgehead atoms. The summed E-state index contributed by atoms with van der Waals surface area (Å²) in [5, 5.41) is 3.43. The first kappa shape index (κ1) is 20.5. The van der Waals surface area contributed by atoms with Gasteiger partial charge >= 0.3 is 0 Å². The van der Waals surface area contributed by atoms with Crippen LogP contribution in [-0.2, 0) is 10.8 Å². The summed E-state index contributed by atoms with van der Waals surface area (Å²) in [7, 11) is -1.23. The fourth-order valence-corrected chi connectivity index (χ4v) is 4.24. The van der Waals surface area contributed by atoms with Crippen molar-refractivity contribution in [3.8, 4) is 33.6 Å². The van der Waals surface area contributed by atoms with E-state index in [0.29, 0.717) is 4.90 Å². The van der Waals surface area contributed by atoms with Crippen LogP contribution in [0, 0.1) is 5.82 Å². The van der Waals surface area contributed by atoms with Crippen LogP contribution >= 0.6 is 0 Å². The minimum atomic E-state index is -1.23. The number of nitrogens with one attached hydrogen (secondary N) is 1. The number of hydrogen-bond acceptors (Lipinski definition) is 3. The summed E-state index contributed by atoms with van der Waals surface area (Å²) in [6.07, 6.45) is 3.44. The minimum Gasteiger partial charge on any atom is -0.354 e. The Hall–Kier alpha value is -3.74. The Kier molecular flexibility index (Phi) is 6.21. The molecule has 1 unspecified atom stereocenters. The molecule has 0 saturated heterocycles. The van der Waals surface area contributed by atoms with Crippen molar-refractivity contribution in [1.82, 2.24) is 9.97 Å². The fraction of sp³-hybridized carbons (Fsp3) is 0.0870. The number of rotatable bonds is 7. The van der Waals surface area contributed by atoms with E-state index < -0.39 is 10.8 Å². The normalized spacial score (nSPS) is 11.6. The van der Waals surface area contributed by atoms with Gasteiger partial charge in [0.2, 0.25) is 0 Å². The quantitative estimate of drug-likeness (QED) is 0.222. The highest BCUT2D eigenvalue weighted by Gasteiger charge is 2.14. The predicted octanol–water partition coefficient (Wildman–Crippen LogP) is 5.97. The fourth-order valence-electron chi connectivity index (χ4n) is 3.31. The third kappa shape index (κ3) is 4.71. The molecule has 1 atom stereocenters. The first-order valence-corrected chi connectivity index (χ1v) is 10.9. The largest absolute Gasteiger partial charge is 0.354 e. The van der Waals surface area contributed by atoms with Crippen molar-refractivity contribution in [2.75, 3.05) is 12.3 Å². The summed E-state index contributed by atoms with van der Waals surface area (Å²) in [5.74, 6) is -0.0242. The number of hydrogen-bond donors (Lipinski definition) is 1. The number of H-pyrrole nitrogens is 1. The van der Waals surface area contributed by atoms with Gasteiger partial charge in [-0.25, -0.2) is 4.39 Å². The zero-order valence-electron chi connectivity index (χ0n) is 16.4. The Balaban J connectivity index is 1.71. The number of nitrogens with zero attached hydrogens (tertiary/aromatic N) is 4. The van der Waals surface area contributed by atoms with Crippen molar-refractivity contribution in [2.24, 2.45) is 5.11 Å². The van der Waals surface area contributed by atoms with E-state index in [9.17, 15) is 8.60 Å². The highest BCUT2D eigenvalue weighted by Crippen LogP contribution is 2.36. The number of halogens is 1. The van der Waals surface area contributed by atoms with E-state index >= 15 is 0 Å². The van der Waals surface area contributed by atoms with Gasteiger partial charge in [-0.05, 0) is 59.1 Å². The molecule has 0 aliphatic heterocycles. The van der Waals surface area contributed by atoms with E-state index in [0.717, 1.165) is 33.6 Å². The van der Waals surface area contributed by atoms with Crippen LogP contribution in [0.3, 0.4) is 0 Å². The van der Waals surface area contributed by atoms with Crippen molar-refractivity contribution in [1.29, 1.82) is 0 Å². The smallest absolute Gasteiger partial charge is 0.123 e. The number of aromatic nitrogens is 2. The minimum absolute atomic E-state index is 0.188. The van der Waals surface area contributed by atoms with Gasteiger partial charge in [0.15, 0.2) is 0 Å². The molecule has 1 N–H and O–H groups in total. The molecule has 0 spiro atoms. The summed E-state index contributed by atoms with van der Waals surface area (Å²) >= 11 is 0. The van der Waals surface area contributed by atoms with Gasteiger partial charge in [0.25, 0.3) is 0 Å². The molecule has 0 saturated carbocycles. The first-order valence-electron chi connectivity index (χ1n) is 9.55. The van der Waals surface area contributed by atoms with Crippen molar-refractivity contribution >= 4 is 10.8 Å². The summed E-state index contributed by atoms with van der Waals surface area (Å²) < 4.78 is 26.2. The Bertz CT molecular complexity index is 1260. The zero-order chi connectivity index (χ0) is 21.6. The lowest BCUT2D eigenvalue weighted by molar-refractivity contribution is 0.628. The van der Waals surface area contributed by atoms with Gasteiger partial charge in [-0.15, -0.1) is 0 Å². The summed E-state index contributed by atoms with van der Waals surface area (Å²) in [5.41, 5.74) is 13.6. The molecule has 4 aromatic rings. The van der Waals surface area contributed by atoms with Crippen molar-refractivity contribution in [2.45, 2.75) is 4.90 Å². The van der Waals surface area contributed by atoms with E-state index in [2.05, 4.69) is 20.0 Å². The van der Waals surface area contributed by atoms with Gasteiger partial charge in [-0.3, -0.25) is 9.19 Å². The van der Waals surface area contributed by atoms with E-state index in [1.807, 2.05) is 36.4 Å². The maximum Gasteiger partial charge on any atom is 0.123 e. The lowest BCUT2D eigenvalue weighted by atomic mass is 10.0. The number of aromatic amines is 1. The molecule has 8 heteroatoms. The third-order valence-electron chi connectivity index (χ3n) is 4.79. The van der Waals surface area contributed by atoms with Crippen LogP contribution in [0.5, 0.6) is 0 Å². The summed E-state index contributed by atoms with van der Waals surface area (Å²) in [6.45, 7) is 0.188. The topological polar surface area (TPSA) is 94.5 Å². The van der Waals surface area contributed by atoms with E-state index in [-0.39, 0.29) is 18.1 Å². The Labute approximate surface area is 180 Å². The molecule has 4 rings (SSSR count). The van der Waals surface area contributed by atoms with Crippen LogP contribution in [0.1, 0.15) is 0 Å². The SMILES string of the molecule is [N-]=[N+]=NCCS(=O)c1ccc(-c2cc(-c3ccncc3)c(-c3cccc(F)c3)[nH]2)cc1. The van der Waals surface area contributed by atoms with Crippen molar-refractivity contribution < 1.29 is 8.60 Å². The molecule has 0 aliphatic rings. The highest BCUT2D eigenvalue weighted by atomic mass is 32.2. The number of benzene rings is 2. The molecule has 31 heavy (non-hydrogen) atoms. The lowest BCUT2D eigenvalue weighted by Crippen LogP contribution is -2.00. The predicted molar refractivity (Wildman–Crippen MR) is 120 cm³/mol. The van der Waals surface area contributed by atoms with E-state index in [4.69, 9.17) is 5.53 Å². The van der Waals surface area contributed by atoms with Gasteiger partial charge < -0.3 is 4.98 Å². The Morgan fingerprint density at radius 3 is 2.48 bits per heavy atom. The van der Waals surface area contributed by atoms with Crippen LogP contribution in [0.4, 0.5) is 4.39 Å². The van der Waals surface area contributed by atoms with Crippen LogP contribution in [0.15, 0.2) is 89.1 Å². The molecule has 2 aromatic carbocycles. The van der Waals surface area contributed by atoms with Gasteiger partial charge in [0.05, 0.1) is 16.5 Å².